The van der Waals surface area contributed by atoms with Crippen LogP contribution in [-0.2, 0) is 9.53 Å². The fourth-order valence-electron chi connectivity index (χ4n) is 1.67. The van der Waals surface area contributed by atoms with Crippen LogP contribution in [0.1, 0.15) is 12.1 Å². The van der Waals surface area contributed by atoms with Gasteiger partial charge in [0.25, 0.3) is 0 Å². The van der Waals surface area contributed by atoms with Gasteiger partial charge in [-0.15, -0.1) is 0 Å². The molecule has 1 unspecified atom stereocenters. The lowest BCUT2D eigenvalue weighted by Gasteiger charge is -2.20. The van der Waals surface area contributed by atoms with E-state index in [1.807, 2.05) is 13.1 Å². The van der Waals surface area contributed by atoms with Gasteiger partial charge in [0.2, 0.25) is 0 Å². The number of aryl methyl sites for hydroxylation is 1. The Kier molecular flexibility index (Phi) is 3.06. The summed E-state index contributed by atoms with van der Waals surface area (Å²) in [5.41, 5.74) is 1.78. The first-order chi connectivity index (χ1) is 8.11. The van der Waals surface area contributed by atoms with E-state index in [0.29, 0.717) is 6.42 Å². The molecule has 0 bridgehead atoms. The van der Waals surface area contributed by atoms with E-state index in [1.54, 1.807) is 17.0 Å². The van der Waals surface area contributed by atoms with Crippen molar-refractivity contribution in [3.63, 3.8) is 0 Å². The Labute approximate surface area is 98.3 Å². The predicted molar refractivity (Wildman–Crippen MR) is 61.7 cm³/mol. The van der Waals surface area contributed by atoms with Crippen molar-refractivity contribution in [3.05, 3.63) is 24.3 Å². The second kappa shape index (κ2) is 4.50. The van der Waals surface area contributed by atoms with Crippen LogP contribution in [0.5, 0.6) is 0 Å². The highest BCUT2D eigenvalue weighted by molar-refractivity contribution is 6.36. The van der Waals surface area contributed by atoms with Crippen molar-refractivity contribution in [1.82, 2.24) is 9.55 Å². The highest BCUT2D eigenvalue weighted by Crippen LogP contribution is 2.20. The average molecular weight is 235 g/mol. The van der Waals surface area contributed by atoms with Gasteiger partial charge in [-0.25, -0.2) is 14.8 Å². The van der Waals surface area contributed by atoms with Crippen LogP contribution in [0.2, 0.25) is 0 Å². The molecule has 2 rings (SSSR count). The van der Waals surface area contributed by atoms with Gasteiger partial charge >= 0.3 is 5.97 Å². The van der Waals surface area contributed by atoms with Crippen molar-refractivity contribution in [3.8, 4) is 0 Å². The predicted octanol–water partition coefficient (Wildman–Crippen LogP) is 0.934. The number of dihydropyridines is 1. The second-order valence-corrected chi connectivity index (χ2v) is 3.72. The Morgan fingerprint density at radius 3 is 2.94 bits per heavy atom. The molecular weight excluding hydrogens is 222 g/mol. The summed E-state index contributed by atoms with van der Waals surface area (Å²) < 4.78 is 6.98. The van der Waals surface area contributed by atoms with Crippen LogP contribution in [0.4, 0.5) is 0 Å². The molecule has 0 aliphatic carbocycles. The summed E-state index contributed by atoms with van der Waals surface area (Å²) in [6.07, 6.45) is 5.00. The molecular formula is C11H13N3O3. The van der Waals surface area contributed by atoms with Crippen molar-refractivity contribution in [2.45, 2.75) is 19.6 Å². The largest absolute Gasteiger partial charge is 0.477 e. The van der Waals surface area contributed by atoms with Gasteiger partial charge in [0.05, 0.1) is 17.7 Å². The number of methoxy groups -OCH3 is 1. The van der Waals surface area contributed by atoms with E-state index in [1.165, 1.54) is 7.11 Å². The van der Waals surface area contributed by atoms with Gasteiger partial charge in [-0.2, -0.15) is 0 Å². The fraction of sp³-hybridized carbons (Fsp3) is 0.364. The molecule has 1 aliphatic heterocycles. The van der Waals surface area contributed by atoms with Crippen molar-refractivity contribution in [2.24, 2.45) is 4.99 Å². The standard InChI is InChI=1S/C11H13N3O3/c1-7-5-14(6-12-7)9-4-3-8(11(15)16)13-10(9)17-2/h4-6,10H,3H2,1-2H3,(H,15,16). The normalized spacial score (nSPS) is 19.8. The van der Waals surface area contributed by atoms with Crippen molar-refractivity contribution in [1.29, 1.82) is 0 Å². The van der Waals surface area contributed by atoms with E-state index in [4.69, 9.17) is 9.84 Å². The van der Waals surface area contributed by atoms with Crippen LogP contribution in [-0.4, -0.2) is 39.7 Å². The maximum absolute atomic E-state index is 10.8. The Morgan fingerprint density at radius 2 is 2.41 bits per heavy atom. The van der Waals surface area contributed by atoms with E-state index in [0.717, 1.165) is 11.4 Å². The SMILES string of the molecule is COC1N=C(C(=O)O)CC=C1n1cnc(C)c1. The summed E-state index contributed by atoms with van der Waals surface area (Å²) in [7, 11) is 1.50. The maximum Gasteiger partial charge on any atom is 0.350 e. The van der Waals surface area contributed by atoms with E-state index in [-0.39, 0.29) is 5.71 Å². The first-order valence-electron chi connectivity index (χ1n) is 5.15. The molecule has 90 valence electrons. The topological polar surface area (TPSA) is 76.7 Å². The van der Waals surface area contributed by atoms with E-state index in [9.17, 15) is 4.79 Å². The van der Waals surface area contributed by atoms with Gasteiger partial charge in [0, 0.05) is 19.7 Å². The highest BCUT2D eigenvalue weighted by Gasteiger charge is 2.22. The molecule has 1 N–H and O–H groups in total. The van der Waals surface area contributed by atoms with Crippen LogP contribution in [0, 0.1) is 6.92 Å². The molecule has 0 radical (unpaired) electrons. The van der Waals surface area contributed by atoms with Gasteiger partial charge < -0.3 is 14.4 Å². The number of rotatable bonds is 3. The minimum Gasteiger partial charge on any atom is -0.477 e. The maximum atomic E-state index is 10.8. The Hall–Kier alpha value is -1.95. The summed E-state index contributed by atoms with van der Waals surface area (Å²) in [6, 6.07) is 0. The molecule has 2 heterocycles. The summed E-state index contributed by atoms with van der Waals surface area (Å²) in [6.45, 7) is 1.88. The first kappa shape index (κ1) is 11.5. The number of carboxylic acid groups (broad SMARTS) is 1. The van der Waals surface area contributed by atoms with Crippen LogP contribution >= 0.6 is 0 Å². The van der Waals surface area contributed by atoms with Gasteiger partial charge in [0.15, 0.2) is 6.23 Å². The minimum atomic E-state index is -1.01. The van der Waals surface area contributed by atoms with Crippen LogP contribution in [0.25, 0.3) is 5.70 Å². The quantitative estimate of drug-likeness (QED) is 0.845. The number of aliphatic carboxylic acids is 1. The number of nitrogens with zero attached hydrogens (tertiary/aromatic N) is 3. The number of hydrogen-bond acceptors (Lipinski definition) is 4. The van der Waals surface area contributed by atoms with Crippen molar-refractivity contribution >= 4 is 17.4 Å². The van der Waals surface area contributed by atoms with Crippen molar-refractivity contribution in [2.75, 3.05) is 7.11 Å². The molecule has 17 heavy (non-hydrogen) atoms. The Bertz CT molecular complexity index is 502. The molecule has 0 saturated heterocycles. The number of imidazole rings is 1. The Balaban J connectivity index is 2.29. The first-order valence-corrected chi connectivity index (χ1v) is 5.15. The number of carboxylic acids is 1. The zero-order chi connectivity index (χ0) is 12.4. The van der Waals surface area contributed by atoms with Gasteiger partial charge in [-0.1, -0.05) is 6.08 Å². The van der Waals surface area contributed by atoms with Crippen LogP contribution in [0.3, 0.4) is 0 Å². The molecule has 6 heteroatoms. The molecule has 1 aromatic heterocycles. The smallest absolute Gasteiger partial charge is 0.350 e. The average Bonchev–Trinajstić information content (AvgIpc) is 2.74. The number of ether oxygens (including phenoxy) is 1. The molecule has 0 amide bonds. The second-order valence-electron chi connectivity index (χ2n) is 3.72. The number of carbonyl (C=O) groups is 1. The molecule has 1 aliphatic rings. The van der Waals surface area contributed by atoms with Gasteiger partial charge in [-0.3, -0.25) is 0 Å². The number of allylic oxidation sites excluding steroid dienone is 1. The monoisotopic (exact) mass is 235 g/mol. The van der Waals surface area contributed by atoms with E-state index < -0.39 is 12.2 Å². The molecule has 0 saturated carbocycles. The number of aromatic nitrogens is 2. The third-order valence-electron chi connectivity index (χ3n) is 2.51. The Morgan fingerprint density at radius 1 is 1.65 bits per heavy atom. The molecule has 0 aromatic carbocycles. The minimum absolute atomic E-state index is 0.109. The molecule has 1 aromatic rings. The fourth-order valence-corrected chi connectivity index (χ4v) is 1.67. The molecule has 6 nitrogen and oxygen atoms in total. The lowest BCUT2D eigenvalue weighted by molar-refractivity contribution is -0.129. The number of hydrogen-bond donors (Lipinski definition) is 1. The lowest BCUT2D eigenvalue weighted by Crippen LogP contribution is -2.24. The highest BCUT2D eigenvalue weighted by atomic mass is 16.5. The summed E-state index contributed by atoms with van der Waals surface area (Å²) >= 11 is 0. The third kappa shape index (κ3) is 2.26. The molecule has 1 atom stereocenters. The molecule has 0 fully saturated rings. The number of aliphatic imine (C=N–C) groups is 1. The summed E-state index contributed by atoms with van der Waals surface area (Å²) in [5.74, 6) is -1.01. The van der Waals surface area contributed by atoms with E-state index in [2.05, 4.69) is 9.98 Å². The summed E-state index contributed by atoms with van der Waals surface area (Å²) in [5, 5.41) is 8.88. The lowest BCUT2D eigenvalue weighted by atomic mass is 10.1. The van der Waals surface area contributed by atoms with E-state index >= 15 is 0 Å². The van der Waals surface area contributed by atoms with Crippen LogP contribution in [0.15, 0.2) is 23.6 Å². The molecule has 0 spiro atoms. The third-order valence-corrected chi connectivity index (χ3v) is 2.51. The van der Waals surface area contributed by atoms with Gasteiger partial charge in [0.1, 0.15) is 5.71 Å². The van der Waals surface area contributed by atoms with Gasteiger partial charge in [-0.05, 0) is 6.92 Å². The van der Waals surface area contributed by atoms with Crippen molar-refractivity contribution < 1.29 is 14.6 Å². The zero-order valence-corrected chi connectivity index (χ0v) is 9.62. The summed E-state index contributed by atoms with van der Waals surface area (Å²) in [4.78, 5) is 19.0. The van der Waals surface area contributed by atoms with Crippen LogP contribution < -0.4 is 0 Å². The zero-order valence-electron chi connectivity index (χ0n) is 9.62.